The van der Waals surface area contributed by atoms with Crippen molar-refractivity contribution in [2.24, 2.45) is 5.92 Å². The van der Waals surface area contributed by atoms with E-state index in [1.807, 2.05) is 0 Å². The quantitative estimate of drug-likeness (QED) is 0.848. The van der Waals surface area contributed by atoms with Crippen molar-refractivity contribution in [3.05, 3.63) is 22.2 Å². The van der Waals surface area contributed by atoms with E-state index < -0.39 is 0 Å². The summed E-state index contributed by atoms with van der Waals surface area (Å²) in [5.41, 5.74) is 0.472. The first-order chi connectivity index (χ1) is 10.1. The van der Waals surface area contributed by atoms with Crippen molar-refractivity contribution in [1.29, 1.82) is 0 Å². The number of carbonyl (C=O) groups excluding carboxylic acids is 1. The maximum absolute atomic E-state index is 12.2. The number of nitrogens with one attached hydrogen (secondary N) is 1. The lowest BCUT2D eigenvalue weighted by Crippen LogP contribution is -2.32. The standard InChI is InChI=1S/C15H20BrNO4/c1-20-12-6-10(7-13(21-2)14(12)16)15(19)17-8-9-4-3-5-11(9)18/h6-7,9,11,18H,3-5,8H2,1-2H3,(H,17,19). The van der Waals surface area contributed by atoms with Gasteiger partial charge < -0.3 is 19.9 Å². The fraction of sp³-hybridized carbons (Fsp3) is 0.533. The molecule has 2 atom stereocenters. The summed E-state index contributed by atoms with van der Waals surface area (Å²) in [4.78, 5) is 12.2. The van der Waals surface area contributed by atoms with E-state index in [2.05, 4.69) is 21.2 Å². The van der Waals surface area contributed by atoms with E-state index >= 15 is 0 Å². The SMILES string of the molecule is COc1cc(C(=O)NCC2CCCC2O)cc(OC)c1Br. The lowest BCUT2D eigenvalue weighted by atomic mass is 10.1. The minimum atomic E-state index is -0.306. The Bertz CT molecular complexity index is 495. The van der Waals surface area contributed by atoms with Crippen LogP contribution in [0.5, 0.6) is 11.5 Å². The van der Waals surface area contributed by atoms with Crippen LogP contribution in [0, 0.1) is 5.92 Å². The molecule has 0 radical (unpaired) electrons. The number of halogens is 1. The van der Waals surface area contributed by atoms with Gasteiger partial charge in [-0.2, -0.15) is 0 Å². The highest BCUT2D eigenvalue weighted by Crippen LogP contribution is 2.35. The Labute approximate surface area is 132 Å². The molecule has 6 heteroatoms. The molecule has 2 unspecified atom stereocenters. The molecule has 0 bridgehead atoms. The first kappa shape index (κ1) is 16.1. The number of ether oxygens (including phenoxy) is 2. The first-order valence-electron chi connectivity index (χ1n) is 6.94. The summed E-state index contributed by atoms with van der Waals surface area (Å²) >= 11 is 3.37. The molecular formula is C15H20BrNO4. The molecular weight excluding hydrogens is 338 g/mol. The van der Waals surface area contributed by atoms with Gasteiger partial charge >= 0.3 is 0 Å². The van der Waals surface area contributed by atoms with Crippen LogP contribution in [0.4, 0.5) is 0 Å². The van der Waals surface area contributed by atoms with Crippen LogP contribution in [0.15, 0.2) is 16.6 Å². The number of carbonyl (C=O) groups is 1. The summed E-state index contributed by atoms with van der Waals surface area (Å²) in [5.74, 6) is 1.03. The van der Waals surface area contributed by atoms with Gasteiger partial charge in [-0.3, -0.25) is 4.79 Å². The van der Waals surface area contributed by atoms with Crippen LogP contribution in [0.2, 0.25) is 0 Å². The van der Waals surface area contributed by atoms with Crippen molar-refractivity contribution >= 4 is 21.8 Å². The second-order valence-corrected chi connectivity index (χ2v) is 5.96. The highest BCUT2D eigenvalue weighted by atomic mass is 79.9. The normalized spacial score (nSPS) is 21.1. The molecule has 1 aromatic rings. The van der Waals surface area contributed by atoms with Crippen molar-refractivity contribution in [3.8, 4) is 11.5 Å². The van der Waals surface area contributed by atoms with E-state index in [0.29, 0.717) is 28.1 Å². The Kier molecular flexibility index (Phi) is 5.47. The molecule has 1 amide bonds. The van der Waals surface area contributed by atoms with Gasteiger partial charge in [-0.25, -0.2) is 0 Å². The molecule has 1 aliphatic carbocycles. The van der Waals surface area contributed by atoms with Crippen LogP contribution < -0.4 is 14.8 Å². The zero-order valence-electron chi connectivity index (χ0n) is 12.2. The summed E-state index contributed by atoms with van der Waals surface area (Å²) in [5, 5.41) is 12.6. The summed E-state index contributed by atoms with van der Waals surface area (Å²) in [6.45, 7) is 0.487. The van der Waals surface area contributed by atoms with Crippen LogP contribution >= 0.6 is 15.9 Å². The summed E-state index contributed by atoms with van der Waals surface area (Å²) < 4.78 is 11.1. The van der Waals surface area contributed by atoms with Crippen molar-refractivity contribution in [2.75, 3.05) is 20.8 Å². The topological polar surface area (TPSA) is 67.8 Å². The van der Waals surface area contributed by atoms with Crippen LogP contribution in [0.25, 0.3) is 0 Å². The van der Waals surface area contributed by atoms with E-state index in [1.165, 1.54) is 14.2 Å². The molecule has 5 nitrogen and oxygen atoms in total. The second kappa shape index (κ2) is 7.13. The minimum Gasteiger partial charge on any atom is -0.495 e. The van der Waals surface area contributed by atoms with Crippen LogP contribution in [0.3, 0.4) is 0 Å². The monoisotopic (exact) mass is 357 g/mol. The first-order valence-corrected chi connectivity index (χ1v) is 7.74. The van der Waals surface area contributed by atoms with Crippen molar-refractivity contribution in [1.82, 2.24) is 5.32 Å². The van der Waals surface area contributed by atoms with Crippen LogP contribution in [-0.4, -0.2) is 37.9 Å². The molecule has 21 heavy (non-hydrogen) atoms. The number of hydrogen-bond acceptors (Lipinski definition) is 4. The number of aliphatic hydroxyl groups excluding tert-OH is 1. The summed E-state index contributed by atoms with van der Waals surface area (Å²) in [6.07, 6.45) is 2.48. The molecule has 0 aromatic heterocycles. The molecule has 116 valence electrons. The number of methoxy groups -OCH3 is 2. The highest BCUT2D eigenvalue weighted by molar-refractivity contribution is 9.10. The van der Waals surface area contributed by atoms with Crippen molar-refractivity contribution in [2.45, 2.75) is 25.4 Å². The Balaban J connectivity index is 2.08. The number of rotatable bonds is 5. The molecule has 2 rings (SSSR count). The third-order valence-corrected chi connectivity index (χ3v) is 4.63. The molecule has 1 fully saturated rings. The Hall–Kier alpha value is -1.27. The molecule has 0 heterocycles. The second-order valence-electron chi connectivity index (χ2n) is 5.16. The van der Waals surface area contributed by atoms with Gasteiger partial charge in [0.25, 0.3) is 5.91 Å². The van der Waals surface area contributed by atoms with Gasteiger partial charge in [0, 0.05) is 18.0 Å². The molecule has 1 saturated carbocycles. The lowest BCUT2D eigenvalue weighted by molar-refractivity contribution is 0.0916. The predicted octanol–water partition coefficient (Wildman–Crippen LogP) is 2.36. The van der Waals surface area contributed by atoms with Crippen molar-refractivity contribution in [3.63, 3.8) is 0 Å². The van der Waals surface area contributed by atoms with Crippen molar-refractivity contribution < 1.29 is 19.4 Å². The maximum atomic E-state index is 12.2. The van der Waals surface area contributed by atoms with E-state index in [4.69, 9.17) is 9.47 Å². The average molecular weight is 358 g/mol. The van der Waals surface area contributed by atoms with Gasteiger partial charge in [0.05, 0.1) is 20.3 Å². The molecule has 1 aromatic carbocycles. The molecule has 0 aliphatic heterocycles. The van der Waals surface area contributed by atoms with Gasteiger partial charge in [-0.1, -0.05) is 6.42 Å². The van der Waals surface area contributed by atoms with E-state index in [9.17, 15) is 9.90 Å². The summed E-state index contributed by atoms with van der Waals surface area (Å²) in [7, 11) is 3.08. The van der Waals surface area contributed by atoms with Gasteiger partial charge in [0.2, 0.25) is 0 Å². The number of benzene rings is 1. The van der Waals surface area contributed by atoms with Crippen LogP contribution in [0.1, 0.15) is 29.6 Å². The number of aliphatic hydroxyl groups is 1. The van der Waals surface area contributed by atoms with Gasteiger partial charge in [-0.05, 0) is 40.9 Å². The number of hydrogen-bond donors (Lipinski definition) is 2. The van der Waals surface area contributed by atoms with Gasteiger partial charge in [0.15, 0.2) is 0 Å². The zero-order chi connectivity index (χ0) is 15.4. The lowest BCUT2D eigenvalue weighted by Gasteiger charge is -2.16. The minimum absolute atomic E-state index is 0.146. The van der Waals surface area contributed by atoms with E-state index in [1.54, 1.807) is 12.1 Å². The Morgan fingerprint density at radius 1 is 1.33 bits per heavy atom. The molecule has 0 saturated heterocycles. The third kappa shape index (κ3) is 3.68. The predicted molar refractivity (Wildman–Crippen MR) is 82.9 cm³/mol. The van der Waals surface area contributed by atoms with Crippen LogP contribution in [-0.2, 0) is 0 Å². The third-order valence-electron chi connectivity index (χ3n) is 3.85. The van der Waals surface area contributed by atoms with E-state index in [0.717, 1.165) is 19.3 Å². The van der Waals surface area contributed by atoms with E-state index in [-0.39, 0.29) is 17.9 Å². The maximum Gasteiger partial charge on any atom is 0.251 e. The van der Waals surface area contributed by atoms with Gasteiger partial charge in [-0.15, -0.1) is 0 Å². The number of amides is 1. The zero-order valence-corrected chi connectivity index (χ0v) is 13.8. The largest absolute Gasteiger partial charge is 0.495 e. The average Bonchev–Trinajstić information content (AvgIpc) is 2.90. The Morgan fingerprint density at radius 3 is 2.43 bits per heavy atom. The molecule has 1 aliphatic rings. The molecule has 0 spiro atoms. The Morgan fingerprint density at radius 2 is 1.95 bits per heavy atom. The highest BCUT2D eigenvalue weighted by Gasteiger charge is 2.25. The smallest absolute Gasteiger partial charge is 0.251 e. The fourth-order valence-electron chi connectivity index (χ4n) is 2.58. The fourth-order valence-corrected chi connectivity index (χ4v) is 3.13. The van der Waals surface area contributed by atoms with Gasteiger partial charge in [0.1, 0.15) is 16.0 Å². The molecule has 2 N–H and O–H groups in total. The summed E-state index contributed by atoms with van der Waals surface area (Å²) in [6, 6.07) is 3.32.